The minimum absolute atomic E-state index is 0.171. The zero-order valence-corrected chi connectivity index (χ0v) is 21.7. The van der Waals surface area contributed by atoms with Crippen LogP contribution in [-0.4, -0.2) is 46.9 Å². The number of H-pyrrole nitrogens is 1. The van der Waals surface area contributed by atoms with Gasteiger partial charge in [-0.15, -0.1) is 0 Å². The van der Waals surface area contributed by atoms with Crippen molar-refractivity contribution in [3.63, 3.8) is 0 Å². The number of aromatic amines is 1. The van der Waals surface area contributed by atoms with Crippen molar-refractivity contribution in [1.82, 2.24) is 15.2 Å². The summed E-state index contributed by atoms with van der Waals surface area (Å²) in [6.07, 6.45) is 2.99. The molecular formula is C30H33FN4O2. The van der Waals surface area contributed by atoms with E-state index >= 15 is 0 Å². The van der Waals surface area contributed by atoms with E-state index < -0.39 is 0 Å². The number of fused-ring (bicyclic) bond motifs is 1. The van der Waals surface area contributed by atoms with Gasteiger partial charge in [-0.1, -0.05) is 24.3 Å². The van der Waals surface area contributed by atoms with E-state index in [0.29, 0.717) is 30.5 Å². The van der Waals surface area contributed by atoms with Crippen LogP contribution in [0.2, 0.25) is 0 Å². The number of piperazine rings is 1. The monoisotopic (exact) mass is 500 g/mol. The number of aromatic nitrogens is 1. The average Bonchev–Trinajstić information content (AvgIpc) is 3.32. The molecule has 2 atom stereocenters. The fourth-order valence-electron chi connectivity index (χ4n) is 5.66. The van der Waals surface area contributed by atoms with Crippen LogP contribution < -0.4 is 10.6 Å². The van der Waals surface area contributed by atoms with Gasteiger partial charge in [-0.3, -0.25) is 9.59 Å². The average molecular weight is 501 g/mol. The molecule has 5 rings (SSSR count). The number of amides is 2. The molecule has 1 saturated heterocycles. The van der Waals surface area contributed by atoms with Crippen LogP contribution in [0.1, 0.15) is 48.3 Å². The third-order valence-corrected chi connectivity index (χ3v) is 7.40. The van der Waals surface area contributed by atoms with E-state index in [2.05, 4.69) is 29.5 Å². The molecule has 7 heteroatoms. The summed E-state index contributed by atoms with van der Waals surface area (Å²) in [5, 5.41) is 6.43. The third-order valence-electron chi connectivity index (χ3n) is 7.40. The predicted octanol–water partition coefficient (Wildman–Crippen LogP) is 5.07. The predicted molar refractivity (Wildman–Crippen MR) is 146 cm³/mol. The standard InChI is InChI=1S/C30H33FN4O2/c1-17-15-35(16-18(2)32-17)28(36)13-12-23-19(3)27(33-20(23)4)14-25-29-24(21-8-10-22(31)11-9-21)6-5-7-26(29)34-30(25)37/h5-11,14,17-18,32-33H,12-13,15-16H2,1-4H3,(H,34,37)/b25-14-/t17-,18+. The smallest absolute Gasteiger partial charge is 0.256 e. The third kappa shape index (κ3) is 4.96. The molecule has 0 spiro atoms. The van der Waals surface area contributed by atoms with E-state index in [1.807, 2.05) is 43.0 Å². The first-order valence-electron chi connectivity index (χ1n) is 12.9. The number of hydrogen-bond acceptors (Lipinski definition) is 3. The minimum atomic E-state index is -0.300. The molecule has 1 fully saturated rings. The molecule has 3 heterocycles. The number of benzene rings is 2. The van der Waals surface area contributed by atoms with Crippen molar-refractivity contribution in [2.75, 3.05) is 18.4 Å². The molecule has 192 valence electrons. The van der Waals surface area contributed by atoms with Gasteiger partial charge in [0.2, 0.25) is 5.91 Å². The largest absolute Gasteiger partial charge is 0.359 e. The van der Waals surface area contributed by atoms with Gasteiger partial charge in [0.25, 0.3) is 5.91 Å². The molecular weight excluding hydrogens is 467 g/mol. The highest BCUT2D eigenvalue weighted by Gasteiger charge is 2.28. The topological polar surface area (TPSA) is 77.2 Å². The van der Waals surface area contributed by atoms with Gasteiger partial charge in [0.15, 0.2) is 0 Å². The molecule has 3 N–H and O–H groups in total. The lowest BCUT2D eigenvalue weighted by Crippen LogP contribution is -2.55. The van der Waals surface area contributed by atoms with Gasteiger partial charge < -0.3 is 20.5 Å². The van der Waals surface area contributed by atoms with Gasteiger partial charge in [-0.2, -0.15) is 0 Å². The molecule has 2 aliphatic rings. The Morgan fingerprint density at radius 1 is 1.08 bits per heavy atom. The highest BCUT2D eigenvalue weighted by atomic mass is 19.1. The van der Waals surface area contributed by atoms with Gasteiger partial charge in [-0.05, 0) is 80.6 Å². The lowest BCUT2D eigenvalue weighted by molar-refractivity contribution is -0.132. The molecule has 3 aromatic rings. The molecule has 1 aromatic heterocycles. The Balaban J connectivity index is 1.42. The SMILES string of the molecule is Cc1[nH]c(/C=C2\C(=O)Nc3cccc(-c4ccc(F)cc4)c32)c(C)c1CCC(=O)N1C[C@@H](C)N[C@@H](C)C1. The maximum absolute atomic E-state index is 13.5. The summed E-state index contributed by atoms with van der Waals surface area (Å²) in [6.45, 7) is 9.72. The summed E-state index contributed by atoms with van der Waals surface area (Å²) in [5.41, 5.74) is 7.84. The second-order valence-electron chi connectivity index (χ2n) is 10.3. The summed E-state index contributed by atoms with van der Waals surface area (Å²) in [4.78, 5) is 31.4. The zero-order valence-electron chi connectivity index (χ0n) is 21.7. The van der Waals surface area contributed by atoms with Crippen LogP contribution >= 0.6 is 0 Å². The van der Waals surface area contributed by atoms with E-state index in [-0.39, 0.29) is 17.6 Å². The molecule has 37 heavy (non-hydrogen) atoms. The van der Waals surface area contributed by atoms with Crippen LogP contribution in [0.25, 0.3) is 22.8 Å². The highest BCUT2D eigenvalue weighted by Crippen LogP contribution is 2.40. The molecule has 2 aliphatic heterocycles. The van der Waals surface area contributed by atoms with Crippen molar-refractivity contribution >= 4 is 29.2 Å². The van der Waals surface area contributed by atoms with Crippen LogP contribution in [-0.2, 0) is 16.0 Å². The van der Waals surface area contributed by atoms with Crippen molar-refractivity contribution in [3.05, 3.63) is 76.4 Å². The van der Waals surface area contributed by atoms with Gasteiger partial charge in [0.05, 0.1) is 5.57 Å². The summed E-state index contributed by atoms with van der Waals surface area (Å²) in [6, 6.07) is 12.6. The van der Waals surface area contributed by atoms with Crippen molar-refractivity contribution in [2.45, 2.75) is 52.6 Å². The molecule has 0 unspecified atom stereocenters. The van der Waals surface area contributed by atoms with Gasteiger partial charge in [0.1, 0.15) is 5.82 Å². The summed E-state index contributed by atoms with van der Waals surface area (Å²) in [7, 11) is 0. The van der Waals surface area contributed by atoms with Crippen molar-refractivity contribution in [2.24, 2.45) is 0 Å². The molecule has 2 aromatic carbocycles. The van der Waals surface area contributed by atoms with Gasteiger partial charge in [-0.25, -0.2) is 4.39 Å². The summed E-state index contributed by atoms with van der Waals surface area (Å²) >= 11 is 0. The molecule has 2 amide bonds. The van der Waals surface area contributed by atoms with Crippen LogP contribution in [0.3, 0.4) is 0 Å². The van der Waals surface area contributed by atoms with E-state index in [4.69, 9.17) is 0 Å². The maximum atomic E-state index is 13.5. The van der Waals surface area contributed by atoms with Crippen molar-refractivity contribution in [1.29, 1.82) is 0 Å². The van der Waals surface area contributed by atoms with Crippen LogP contribution in [0.4, 0.5) is 10.1 Å². The number of hydrogen-bond donors (Lipinski definition) is 3. The van der Waals surface area contributed by atoms with E-state index in [9.17, 15) is 14.0 Å². The highest BCUT2D eigenvalue weighted by molar-refractivity contribution is 6.36. The maximum Gasteiger partial charge on any atom is 0.256 e. The quantitative estimate of drug-likeness (QED) is 0.428. The molecule has 0 aliphatic carbocycles. The number of nitrogens with one attached hydrogen (secondary N) is 3. The van der Waals surface area contributed by atoms with Crippen molar-refractivity contribution in [3.8, 4) is 11.1 Å². The number of nitrogens with zero attached hydrogens (tertiary/aromatic N) is 1. The molecule has 0 saturated carbocycles. The fraction of sp³-hybridized carbons (Fsp3) is 0.333. The summed E-state index contributed by atoms with van der Waals surface area (Å²) in [5.74, 6) is -0.297. The Kier molecular flexibility index (Phi) is 6.73. The van der Waals surface area contributed by atoms with Crippen molar-refractivity contribution < 1.29 is 14.0 Å². The minimum Gasteiger partial charge on any atom is -0.359 e. The number of halogens is 1. The van der Waals surface area contributed by atoms with E-state index in [1.165, 1.54) is 12.1 Å². The Morgan fingerprint density at radius 3 is 2.49 bits per heavy atom. The number of carbonyl (C=O) groups is 2. The molecule has 6 nitrogen and oxygen atoms in total. The first kappa shape index (κ1) is 25.0. The molecule has 0 bridgehead atoms. The fourth-order valence-corrected chi connectivity index (χ4v) is 5.66. The van der Waals surface area contributed by atoms with E-state index in [1.54, 1.807) is 12.1 Å². The second-order valence-corrected chi connectivity index (χ2v) is 10.3. The van der Waals surface area contributed by atoms with Gasteiger partial charge >= 0.3 is 0 Å². The van der Waals surface area contributed by atoms with Crippen LogP contribution in [0.5, 0.6) is 0 Å². The Hall–Kier alpha value is -3.71. The van der Waals surface area contributed by atoms with Crippen LogP contribution in [0, 0.1) is 19.7 Å². The van der Waals surface area contributed by atoms with E-state index in [0.717, 1.165) is 58.0 Å². The number of rotatable bonds is 5. The summed E-state index contributed by atoms with van der Waals surface area (Å²) < 4.78 is 13.5. The number of carbonyl (C=O) groups excluding carboxylic acids is 2. The number of aryl methyl sites for hydroxylation is 1. The second kappa shape index (κ2) is 9.98. The normalized spacial score (nSPS) is 20.3. The molecule has 0 radical (unpaired) electrons. The Morgan fingerprint density at radius 2 is 1.78 bits per heavy atom. The zero-order chi connectivity index (χ0) is 26.3. The first-order valence-corrected chi connectivity index (χ1v) is 12.9. The van der Waals surface area contributed by atoms with Crippen LogP contribution in [0.15, 0.2) is 42.5 Å². The lowest BCUT2D eigenvalue weighted by atomic mass is 9.94. The Bertz CT molecular complexity index is 1380. The van der Waals surface area contributed by atoms with Gasteiger partial charge in [0, 0.05) is 54.2 Å². The number of anilines is 1. The Labute approximate surface area is 217 Å². The lowest BCUT2D eigenvalue weighted by Gasteiger charge is -2.36. The first-order chi connectivity index (χ1) is 17.7.